The zero-order valence-electron chi connectivity index (χ0n) is 10.1. The first-order chi connectivity index (χ1) is 7.36. The standard InChI is InChI=1S/C13H20BrNO/c1-13(2,3)11-5-4-9(14)8-10(11)12(15)6-7-16/h4-5,8,12,16H,6-7,15H2,1-3H3. The lowest BCUT2D eigenvalue weighted by atomic mass is 9.81. The van der Waals surface area contributed by atoms with Crippen LogP contribution in [0.1, 0.15) is 44.4 Å². The number of aliphatic hydroxyl groups is 1. The van der Waals surface area contributed by atoms with Crippen molar-refractivity contribution in [1.29, 1.82) is 0 Å². The normalized spacial score (nSPS) is 13.9. The lowest BCUT2D eigenvalue weighted by Crippen LogP contribution is -2.20. The summed E-state index contributed by atoms with van der Waals surface area (Å²) in [4.78, 5) is 0. The molecule has 0 fully saturated rings. The van der Waals surface area contributed by atoms with E-state index in [9.17, 15) is 0 Å². The molecule has 1 rings (SSSR count). The van der Waals surface area contributed by atoms with Crippen molar-refractivity contribution in [2.75, 3.05) is 6.61 Å². The molecule has 16 heavy (non-hydrogen) atoms. The molecule has 1 atom stereocenters. The fourth-order valence-corrected chi connectivity index (χ4v) is 2.20. The molecule has 0 radical (unpaired) electrons. The summed E-state index contributed by atoms with van der Waals surface area (Å²) in [6.07, 6.45) is 0.597. The quantitative estimate of drug-likeness (QED) is 0.896. The molecule has 0 aliphatic carbocycles. The summed E-state index contributed by atoms with van der Waals surface area (Å²) in [6, 6.07) is 6.10. The Morgan fingerprint density at radius 1 is 1.38 bits per heavy atom. The van der Waals surface area contributed by atoms with Gasteiger partial charge in [0.05, 0.1) is 0 Å². The molecular formula is C13H20BrNO. The summed E-state index contributed by atoms with van der Waals surface area (Å²) in [7, 11) is 0. The van der Waals surface area contributed by atoms with Gasteiger partial charge in [0, 0.05) is 17.1 Å². The molecule has 0 heterocycles. The van der Waals surface area contributed by atoms with Crippen molar-refractivity contribution < 1.29 is 5.11 Å². The lowest BCUT2D eigenvalue weighted by Gasteiger charge is -2.26. The number of halogens is 1. The zero-order valence-corrected chi connectivity index (χ0v) is 11.7. The number of hydrogen-bond donors (Lipinski definition) is 2. The van der Waals surface area contributed by atoms with Crippen LogP contribution in [0.2, 0.25) is 0 Å². The molecule has 2 nitrogen and oxygen atoms in total. The van der Waals surface area contributed by atoms with E-state index in [1.807, 2.05) is 6.07 Å². The Kier molecular flexibility index (Phi) is 4.53. The summed E-state index contributed by atoms with van der Waals surface area (Å²) in [5, 5.41) is 8.97. The highest BCUT2D eigenvalue weighted by Crippen LogP contribution is 2.32. The van der Waals surface area contributed by atoms with Crippen LogP contribution in [-0.2, 0) is 5.41 Å². The van der Waals surface area contributed by atoms with Gasteiger partial charge in [0.25, 0.3) is 0 Å². The van der Waals surface area contributed by atoms with E-state index in [2.05, 4.69) is 48.8 Å². The SMILES string of the molecule is CC(C)(C)c1ccc(Br)cc1C(N)CCO. The maximum Gasteiger partial charge on any atom is 0.0449 e. The molecule has 0 bridgehead atoms. The smallest absolute Gasteiger partial charge is 0.0449 e. The predicted molar refractivity (Wildman–Crippen MR) is 71.5 cm³/mol. The van der Waals surface area contributed by atoms with Crippen LogP contribution in [0.15, 0.2) is 22.7 Å². The Labute approximate surface area is 106 Å². The Balaban J connectivity index is 3.18. The minimum Gasteiger partial charge on any atom is -0.396 e. The van der Waals surface area contributed by atoms with Crippen LogP contribution in [0.4, 0.5) is 0 Å². The monoisotopic (exact) mass is 285 g/mol. The molecular weight excluding hydrogens is 266 g/mol. The summed E-state index contributed by atoms with van der Waals surface area (Å²) < 4.78 is 1.03. The highest BCUT2D eigenvalue weighted by molar-refractivity contribution is 9.10. The van der Waals surface area contributed by atoms with Gasteiger partial charge in [-0.1, -0.05) is 42.8 Å². The number of aliphatic hydroxyl groups excluding tert-OH is 1. The Morgan fingerprint density at radius 3 is 2.50 bits per heavy atom. The maximum absolute atomic E-state index is 8.97. The molecule has 1 aromatic carbocycles. The van der Waals surface area contributed by atoms with E-state index in [1.54, 1.807) is 0 Å². The molecule has 0 spiro atoms. The van der Waals surface area contributed by atoms with E-state index in [0.717, 1.165) is 10.0 Å². The van der Waals surface area contributed by atoms with Crippen LogP contribution in [0.3, 0.4) is 0 Å². The largest absolute Gasteiger partial charge is 0.396 e. The third-order valence-corrected chi connectivity index (χ3v) is 3.15. The van der Waals surface area contributed by atoms with Crippen LogP contribution < -0.4 is 5.73 Å². The van der Waals surface area contributed by atoms with Gasteiger partial charge in [0.2, 0.25) is 0 Å². The topological polar surface area (TPSA) is 46.2 Å². The van der Waals surface area contributed by atoms with Gasteiger partial charge in [-0.3, -0.25) is 0 Å². The van der Waals surface area contributed by atoms with Crippen molar-refractivity contribution in [3.05, 3.63) is 33.8 Å². The van der Waals surface area contributed by atoms with Crippen LogP contribution >= 0.6 is 15.9 Å². The minimum atomic E-state index is -0.100. The van der Waals surface area contributed by atoms with Crippen LogP contribution in [-0.4, -0.2) is 11.7 Å². The average molecular weight is 286 g/mol. The number of nitrogens with two attached hydrogens (primary N) is 1. The van der Waals surface area contributed by atoms with E-state index >= 15 is 0 Å². The summed E-state index contributed by atoms with van der Waals surface area (Å²) in [5.41, 5.74) is 8.53. The predicted octanol–water partition coefficient (Wildman–Crippen LogP) is 3.13. The highest BCUT2D eigenvalue weighted by Gasteiger charge is 2.20. The highest BCUT2D eigenvalue weighted by atomic mass is 79.9. The van der Waals surface area contributed by atoms with Gasteiger partial charge in [-0.05, 0) is 35.1 Å². The van der Waals surface area contributed by atoms with E-state index < -0.39 is 0 Å². The van der Waals surface area contributed by atoms with Gasteiger partial charge >= 0.3 is 0 Å². The summed E-state index contributed by atoms with van der Waals surface area (Å²) in [6.45, 7) is 6.64. The summed E-state index contributed by atoms with van der Waals surface area (Å²) in [5.74, 6) is 0. The summed E-state index contributed by atoms with van der Waals surface area (Å²) >= 11 is 3.46. The zero-order chi connectivity index (χ0) is 12.3. The fourth-order valence-electron chi connectivity index (χ4n) is 1.82. The van der Waals surface area contributed by atoms with Crippen molar-refractivity contribution in [1.82, 2.24) is 0 Å². The number of benzene rings is 1. The molecule has 90 valence electrons. The van der Waals surface area contributed by atoms with Crippen molar-refractivity contribution in [2.24, 2.45) is 5.73 Å². The molecule has 0 aromatic heterocycles. The molecule has 0 saturated heterocycles. The molecule has 3 heteroatoms. The van der Waals surface area contributed by atoms with Gasteiger partial charge < -0.3 is 10.8 Å². The Morgan fingerprint density at radius 2 is 2.00 bits per heavy atom. The van der Waals surface area contributed by atoms with E-state index in [0.29, 0.717) is 6.42 Å². The Bertz CT molecular complexity index is 357. The number of hydrogen-bond acceptors (Lipinski definition) is 2. The van der Waals surface area contributed by atoms with Gasteiger partial charge in [-0.2, -0.15) is 0 Å². The average Bonchev–Trinajstić information content (AvgIpc) is 2.16. The van der Waals surface area contributed by atoms with Crippen LogP contribution in [0, 0.1) is 0 Å². The van der Waals surface area contributed by atoms with Crippen LogP contribution in [0.5, 0.6) is 0 Å². The van der Waals surface area contributed by atoms with E-state index in [-0.39, 0.29) is 18.1 Å². The Hall–Kier alpha value is -0.380. The molecule has 3 N–H and O–H groups in total. The van der Waals surface area contributed by atoms with Crippen molar-refractivity contribution in [3.8, 4) is 0 Å². The maximum atomic E-state index is 8.97. The molecule has 0 aliphatic rings. The van der Waals surface area contributed by atoms with Gasteiger partial charge in [-0.25, -0.2) is 0 Å². The molecule has 1 aromatic rings. The molecule has 1 unspecified atom stereocenters. The number of rotatable bonds is 3. The first kappa shape index (κ1) is 13.7. The van der Waals surface area contributed by atoms with Crippen LogP contribution in [0.25, 0.3) is 0 Å². The molecule has 0 amide bonds. The molecule has 0 aliphatic heterocycles. The van der Waals surface area contributed by atoms with Crippen molar-refractivity contribution in [2.45, 2.75) is 38.6 Å². The minimum absolute atomic E-state index is 0.0725. The lowest BCUT2D eigenvalue weighted by molar-refractivity contribution is 0.276. The van der Waals surface area contributed by atoms with Gasteiger partial charge in [0.15, 0.2) is 0 Å². The first-order valence-electron chi connectivity index (χ1n) is 5.52. The third kappa shape index (κ3) is 3.30. The van der Waals surface area contributed by atoms with Gasteiger partial charge in [-0.15, -0.1) is 0 Å². The molecule has 0 saturated carbocycles. The van der Waals surface area contributed by atoms with Gasteiger partial charge in [0.1, 0.15) is 0 Å². The fraction of sp³-hybridized carbons (Fsp3) is 0.538. The second-order valence-electron chi connectivity index (χ2n) is 5.10. The van der Waals surface area contributed by atoms with Crippen molar-refractivity contribution >= 4 is 15.9 Å². The second-order valence-corrected chi connectivity index (χ2v) is 6.02. The second kappa shape index (κ2) is 5.30. The van der Waals surface area contributed by atoms with Crippen molar-refractivity contribution in [3.63, 3.8) is 0 Å². The third-order valence-electron chi connectivity index (χ3n) is 2.66. The first-order valence-corrected chi connectivity index (χ1v) is 6.32. The van der Waals surface area contributed by atoms with E-state index in [4.69, 9.17) is 10.8 Å². The van der Waals surface area contributed by atoms with E-state index in [1.165, 1.54) is 5.56 Å².